The Hall–Kier alpha value is -2.94. The molecular weight excluding hydrogens is 395 g/mol. The predicted molar refractivity (Wildman–Crippen MR) is 96.4 cm³/mol. The maximum Gasteiger partial charge on any atom is 0.416 e. The lowest BCUT2D eigenvalue weighted by Gasteiger charge is -2.06. The molecule has 0 spiro atoms. The van der Waals surface area contributed by atoms with Crippen LogP contribution in [0.4, 0.5) is 13.2 Å². The number of nitrogens with one attached hydrogen (secondary N) is 1. The predicted octanol–water partition coefficient (Wildman–Crippen LogP) is 3.37. The molecule has 1 aromatic heterocycles. The molecule has 0 aliphatic carbocycles. The summed E-state index contributed by atoms with van der Waals surface area (Å²) in [6.07, 6.45) is -3.83. The van der Waals surface area contributed by atoms with E-state index in [4.69, 9.17) is 11.6 Å². The second-order valence-corrected chi connectivity index (χ2v) is 6.38. The molecule has 0 unspecified atom stereocenters. The molecule has 1 amide bonds. The lowest BCUT2D eigenvalue weighted by atomic mass is 10.1. The van der Waals surface area contributed by atoms with Crippen molar-refractivity contribution < 1.29 is 18.0 Å². The first-order chi connectivity index (χ1) is 13.3. The van der Waals surface area contributed by atoms with Gasteiger partial charge >= 0.3 is 6.18 Å². The highest BCUT2D eigenvalue weighted by Crippen LogP contribution is 2.31. The van der Waals surface area contributed by atoms with Gasteiger partial charge in [-0.1, -0.05) is 35.9 Å². The van der Waals surface area contributed by atoms with E-state index in [9.17, 15) is 18.0 Å². The van der Waals surface area contributed by atoms with Gasteiger partial charge in [-0.05, 0) is 41.5 Å². The van der Waals surface area contributed by atoms with Crippen molar-refractivity contribution in [1.82, 2.24) is 25.5 Å². The van der Waals surface area contributed by atoms with Crippen LogP contribution in [0.25, 0.3) is 11.4 Å². The number of benzene rings is 2. The zero-order chi connectivity index (χ0) is 20.1. The van der Waals surface area contributed by atoms with E-state index < -0.39 is 11.7 Å². The van der Waals surface area contributed by atoms with Crippen LogP contribution in [-0.2, 0) is 23.9 Å². The number of carbonyl (C=O) groups excluding carboxylic acids is 1. The smallest absolute Gasteiger partial charge is 0.354 e. The Balaban J connectivity index is 1.55. The molecule has 146 valence electrons. The summed E-state index contributed by atoms with van der Waals surface area (Å²) in [5.74, 6) is -0.318. The van der Waals surface area contributed by atoms with Crippen LogP contribution in [0.15, 0.2) is 48.5 Å². The number of rotatable bonds is 6. The monoisotopic (exact) mass is 409 g/mol. The van der Waals surface area contributed by atoms with Crippen molar-refractivity contribution in [3.63, 3.8) is 0 Å². The average Bonchev–Trinajstić information content (AvgIpc) is 3.11. The molecule has 28 heavy (non-hydrogen) atoms. The summed E-state index contributed by atoms with van der Waals surface area (Å²) in [4.78, 5) is 13.0. The van der Waals surface area contributed by atoms with Crippen LogP contribution >= 0.6 is 11.6 Å². The Morgan fingerprint density at radius 3 is 2.61 bits per heavy atom. The third-order valence-electron chi connectivity index (χ3n) is 3.84. The van der Waals surface area contributed by atoms with Crippen molar-refractivity contribution in [2.24, 2.45) is 0 Å². The number of carbonyl (C=O) groups is 1. The summed E-state index contributed by atoms with van der Waals surface area (Å²) in [5, 5.41) is 14.8. The van der Waals surface area contributed by atoms with Gasteiger partial charge < -0.3 is 5.32 Å². The zero-order valence-corrected chi connectivity index (χ0v) is 15.2. The lowest BCUT2D eigenvalue weighted by Crippen LogP contribution is -2.30. The van der Waals surface area contributed by atoms with Crippen LogP contribution < -0.4 is 5.32 Å². The van der Waals surface area contributed by atoms with E-state index in [1.165, 1.54) is 12.1 Å². The molecule has 0 radical (unpaired) electrons. The molecule has 0 saturated heterocycles. The maximum atomic E-state index is 12.8. The largest absolute Gasteiger partial charge is 0.416 e. The summed E-state index contributed by atoms with van der Waals surface area (Å²) < 4.78 is 38.4. The zero-order valence-electron chi connectivity index (χ0n) is 14.4. The second kappa shape index (κ2) is 8.39. The molecule has 6 nitrogen and oxygen atoms in total. The van der Waals surface area contributed by atoms with Crippen LogP contribution in [0.2, 0.25) is 5.02 Å². The number of aromatic nitrogens is 4. The van der Waals surface area contributed by atoms with Crippen molar-refractivity contribution in [1.29, 1.82) is 0 Å². The molecule has 0 aliphatic rings. The fourth-order valence-electron chi connectivity index (χ4n) is 2.44. The second-order valence-electron chi connectivity index (χ2n) is 5.95. The first-order valence-corrected chi connectivity index (χ1v) is 8.65. The molecule has 0 aliphatic heterocycles. The average molecular weight is 410 g/mol. The van der Waals surface area contributed by atoms with Crippen LogP contribution in [0.5, 0.6) is 0 Å². The summed E-state index contributed by atoms with van der Waals surface area (Å²) in [6.45, 7) is 0.224. The summed E-state index contributed by atoms with van der Waals surface area (Å²) >= 11 is 5.82. The molecule has 2 aromatic carbocycles. The van der Waals surface area contributed by atoms with E-state index >= 15 is 0 Å². The van der Waals surface area contributed by atoms with Gasteiger partial charge in [-0.3, -0.25) is 4.79 Å². The molecule has 3 aromatic rings. The first kappa shape index (κ1) is 19.8. The molecule has 0 atom stereocenters. The number of hydrogen-bond acceptors (Lipinski definition) is 4. The fourth-order valence-corrected chi connectivity index (χ4v) is 2.57. The number of halogens is 4. The maximum absolute atomic E-state index is 12.8. The normalized spacial score (nSPS) is 11.4. The molecule has 0 fully saturated rings. The van der Waals surface area contributed by atoms with E-state index in [-0.39, 0.29) is 23.8 Å². The summed E-state index contributed by atoms with van der Waals surface area (Å²) in [7, 11) is 0. The Morgan fingerprint density at radius 1 is 1.14 bits per heavy atom. The number of alkyl halides is 3. The number of nitrogens with zero attached hydrogens (tertiary/aromatic N) is 4. The first-order valence-electron chi connectivity index (χ1n) is 8.28. The Morgan fingerprint density at radius 2 is 1.89 bits per heavy atom. The third-order valence-corrected chi connectivity index (χ3v) is 4.09. The molecule has 0 saturated carbocycles. The van der Waals surface area contributed by atoms with Crippen molar-refractivity contribution in [2.75, 3.05) is 6.54 Å². The Bertz CT molecular complexity index is 956. The van der Waals surface area contributed by atoms with E-state index in [2.05, 4.69) is 20.7 Å². The van der Waals surface area contributed by atoms with Gasteiger partial charge in [0, 0.05) is 17.1 Å². The quantitative estimate of drug-likeness (QED) is 0.677. The topological polar surface area (TPSA) is 72.7 Å². The van der Waals surface area contributed by atoms with Crippen LogP contribution in [0.1, 0.15) is 11.1 Å². The highest BCUT2D eigenvalue weighted by molar-refractivity contribution is 6.30. The van der Waals surface area contributed by atoms with Gasteiger partial charge in [-0.2, -0.15) is 18.0 Å². The van der Waals surface area contributed by atoms with E-state index in [0.717, 1.165) is 22.5 Å². The van der Waals surface area contributed by atoms with E-state index in [0.29, 0.717) is 18.0 Å². The Kier molecular flexibility index (Phi) is 5.93. The molecule has 0 bridgehead atoms. The van der Waals surface area contributed by atoms with Crippen LogP contribution in [0, 0.1) is 0 Å². The highest BCUT2D eigenvalue weighted by atomic mass is 35.5. The van der Waals surface area contributed by atoms with Gasteiger partial charge in [0.25, 0.3) is 0 Å². The van der Waals surface area contributed by atoms with E-state index in [1.807, 2.05) is 12.1 Å². The summed E-state index contributed by atoms with van der Waals surface area (Å²) in [6, 6.07) is 11.9. The standard InChI is InChI=1S/C18H15ClF3N5O/c19-15-6-4-12(5-7-15)8-9-23-16(28)11-27-25-17(24-26-27)13-2-1-3-14(10-13)18(20,21)22/h1-7,10H,8-9,11H2,(H,23,28). The SMILES string of the molecule is O=C(Cn1nnc(-c2cccc(C(F)(F)F)c2)n1)NCCc1ccc(Cl)cc1. The van der Waals surface area contributed by atoms with Gasteiger partial charge in [-0.25, -0.2) is 0 Å². The number of tetrazole rings is 1. The van der Waals surface area contributed by atoms with Crippen molar-refractivity contribution >= 4 is 17.5 Å². The Labute approximate surface area is 163 Å². The van der Waals surface area contributed by atoms with Gasteiger partial charge in [-0.15, -0.1) is 10.2 Å². The molecular formula is C18H15ClF3N5O. The van der Waals surface area contributed by atoms with Gasteiger partial charge in [0.2, 0.25) is 11.7 Å². The molecule has 3 rings (SSSR count). The molecule has 1 N–H and O–H groups in total. The van der Waals surface area contributed by atoms with Crippen LogP contribution in [0.3, 0.4) is 0 Å². The minimum atomic E-state index is -4.46. The van der Waals surface area contributed by atoms with Gasteiger partial charge in [0.05, 0.1) is 5.56 Å². The molecule has 10 heteroatoms. The van der Waals surface area contributed by atoms with Gasteiger partial charge in [0.15, 0.2) is 0 Å². The minimum absolute atomic E-state index is 0.0139. The fraction of sp³-hybridized carbons (Fsp3) is 0.222. The minimum Gasteiger partial charge on any atom is -0.354 e. The van der Waals surface area contributed by atoms with Gasteiger partial charge in [0.1, 0.15) is 6.54 Å². The third kappa shape index (κ3) is 5.29. The summed E-state index contributed by atoms with van der Waals surface area (Å²) in [5.41, 5.74) is 0.390. The highest BCUT2D eigenvalue weighted by Gasteiger charge is 2.30. The van der Waals surface area contributed by atoms with E-state index in [1.54, 1.807) is 12.1 Å². The van der Waals surface area contributed by atoms with Crippen molar-refractivity contribution in [3.8, 4) is 11.4 Å². The lowest BCUT2D eigenvalue weighted by molar-refractivity contribution is -0.137. The van der Waals surface area contributed by atoms with Crippen molar-refractivity contribution in [2.45, 2.75) is 19.1 Å². The number of hydrogen-bond donors (Lipinski definition) is 1. The van der Waals surface area contributed by atoms with Crippen molar-refractivity contribution in [3.05, 3.63) is 64.7 Å². The molecule has 1 heterocycles. The number of amides is 1. The van der Waals surface area contributed by atoms with Crippen LogP contribution in [-0.4, -0.2) is 32.7 Å².